The third-order valence-corrected chi connectivity index (χ3v) is 3.50. The minimum Gasteiger partial charge on any atom is -0.494 e. The Balaban J connectivity index is 2.02. The van der Waals surface area contributed by atoms with Crippen LogP contribution in [0.3, 0.4) is 0 Å². The van der Waals surface area contributed by atoms with Crippen molar-refractivity contribution in [1.82, 2.24) is 9.80 Å². The van der Waals surface area contributed by atoms with E-state index in [9.17, 15) is 9.18 Å². The number of methoxy groups -OCH3 is 1. The van der Waals surface area contributed by atoms with Crippen LogP contribution in [-0.2, 0) is 0 Å². The van der Waals surface area contributed by atoms with Gasteiger partial charge in [-0.1, -0.05) is 0 Å². The highest BCUT2D eigenvalue weighted by Gasteiger charge is 2.22. The first-order valence-corrected chi connectivity index (χ1v) is 6.71. The van der Waals surface area contributed by atoms with Crippen LogP contribution in [0.5, 0.6) is 5.75 Å². The van der Waals surface area contributed by atoms with Gasteiger partial charge >= 0.3 is 0 Å². The molecule has 0 radical (unpaired) electrons. The molecule has 1 saturated heterocycles. The summed E-state index contributed by atoms with van der Waals surface area (Å²) in [5, 5.41) is 0. The summed E-state index contributed by atoms with van der Waals surface area (Å²) in [4.78, 5) is 16.4. The predicted molar refractivity (Wildman–Crippen MR) is 74.3 cm³/mol. The molecule has 0 spiro atoms. The summed E-state index contributed by atoms with van der Waals surface area (Å²) < 4.78 is 18.2. The molecule has 1 heterocycles. The van der Waals surface area contributed by atoms with Gasteiger partial charge in [0.25, 0.3) is 5.91 Å². The first-order chi connectivity index (χ1) is 9.65. The molecular weight excluding hydrogens is 261 g/mol. The number of amides is 1. The summed E-state index contributed by atoms with van der Waals surface area (Å²) in [6, 6.07) is 4.20. The summed E-state index contributed by atoms with van der Waals surface area (Å²) in [6.07, 6.45) is 0. The zero-order valence-electron chi connectivity index (χ0n) is 11.6. The predicted octanol–water partition coefficient (Wildman–Crippen LogP) is 0.551. The van der Waals surface area contributed by atoms with E-state index in [0.29, 0.717) is 25.2 Å². The summed E-state index contributed by atoms with van der Waals surface area (Å²) in [6.45, 7) is 4.45. The molecule has 0 atom stereocenters. The van der Waals surface area contributed by atoms with Gasteiger partial charge in [-0.3, -0.25) is 9.69 Å². The highest BCUT2D eigenvalue weighted by atomic mass is 19.1. The van der Waals surface area contributed by atoms with Gasteiger partial charge in [0.15, 0.2) is 11.6 Å². The van der Waals surface area contributed by atoms with E-state index in [1.54, 1.807) is 4.90 Å². The number of carbonyl (C=O) groups excluding carboxylic acids is 1. The van der Waals surface area contributed by atoms with E-state index in [1.807, 2.05) is 0 Å². The van der Waals surface area contributed by atoms with Crippen LogP contribution < -0.4 is 10.5 Å². The fourth-order valence-electron chi connectivity index (χ4n) is 2.33. The maximum Gasteiger partial charge on any atom is 0.254 e. The van der Waals surface area contributed by atoms with Crippen molar-refractivity contribution in [2.75, 3.05) is 46.4 Å². The number of rotatable bonds is 4. The Hall–Kier alpha value is -1.66. The van der Waals surface area contributed by atoms with Gasteiger partial charge in [0, 0.05) is 44.8 Å². The van der Waals surface area contributed by atoms with Crippen molar-refractivity contribution in [3.8, 4) is 5.75 Å². The van der Waals surface area contributed by atoms with Crippen molar-refractivity contribution < 1.29 is 13.9 Å². The van der Waals surface area contributed by atoms with Crippen LogP contribution in [0.4, 0.5) is 4.39 Å². The molecule has 5 nitrogen and oxygen atoms in total. The lowest BCUT2D eigenvalue weighted by Crippen LogP contribution is -2.49. The Bertz CT molecular complexity index is 473. The molecule has 110 valence electrons. The van der Waals surface area contributed by atoms with Crippen LogP contribution in [0.2, 0.25) is 0 Å². The molecule has 20 heavy (non-hydrogen) atoms. The van der Waals surface area contributed by atoms with Gasteiger partial charge in [0.1, 0.15) is 0 Å². The molecule has 1 aliphatic rings. The second kappa shape index (κ2) is 6.67. The third kappa shape index (κ3) is 3.26. The number of hydrogen-bond acceptors (Lipinski definition) is 4. The molecule has 1 amide bonds. The maximum absolute atomic E-state index is 13.3. The molecule has 1 aromatic carbocycles. The van der Waals surface area contributed by atoms with E-state index in [-0.39, 0.29) is 11.7 Å². The van der Waals surface area contributed by atoms with Gasteiger partial charge in [-0.15, -0.1) is 0 Å². The average molecular weight is 281 g/mol. The van der Waals surface area contributed by atoms with Gasteiger partial charge < -0.3 is 15.4 Å². The van der Waals surface area contributed by atoms with Crippen molar-refractivity contribution in [2.24, 2.45) is 5.73 Å². The standard InChI is InChI=1S/C14H20FN3O2/c1-20-13-10-11(2-3-12(13)15)14(19)18-8-6-17(5-4-16)7-9-18/h2-3,10H,4-9,16H2,1H3. The Morgan fingerprint density at radius 3 is 2.65 bits per heavy atom. The van der Waals surface area contributed by atoms with Crippen LogP contribution in [0.15, 0.2) is 18.2 Å². The smallest absolute Gasteiger partial charge is 0.254 e. The first-order valence-electron chi connectivity index (χ1n) is 6.71. The van der Waals surface area contributed by atoms with E-state index in [1.165, 1.54) is 25.3 Å². The fourth-order valence-corrected chi connectivity index (χ4v) is 2.33. The molecule has 0 aromatic heterocycles. The van der Waals surface area contributed by atoms with Crippen LogP contribution in [0.25, 0.3) is 0 Å². The molecule has 1 aromatic rings. The molecule has 0 bridgehead atoms. The van der Waals surface area contributed by atoms with Crippen LogP contribution in [0, 0.1) is 5.82 Å². The Morgan fingerprint density at radius 2 is 2.05 bits per heavy atom. The van der Waals surface area contributed by atoms with Crippen molar-refractivity contribution in [1.29, 1.82) is 0 Å². The number of halogens is 1. The van der Waals surface area contributed by atoms with E-state index < -0.39 is 5.82 Å². The van der Waals surface area contributed by atoms with E-state index in [4.69, 9.17) is 10.5 Å². The highest BCUT2D eigenvalue weighted by Crippen LogP contribution is 2.19. The van der Waals surface area contributed by atoms with E-state index in [2.05, 4.69) is 4.90 Å². The fraction of sp³-hybridized carbons (Fsp3) is 0.500. The van der Waals surface area contributed by atoms with Gasteiger partial charge in [-0.05, 0) is 18.2 Å². The Labute approximate surface area is 118 Å². The minimum atomic E-state index is -0.461. The number of ether oxygens (including phenoxy) is 1. The maximum atomic E-state index is 13.3. The molecule has 0 unspecified atom stereocenters. The summed E-state index contributed by atoms with van der Waals surface area (Å²) in [5.41, 5.74) is 5.97. The van der Waals surface area contributed by atoms with Crippen molar-refractivity contribution in [3.63, 3.8) is 0 Å². The second-order valence-corrected chi connectivity index (χ2v) is 4.77. The van der Waals surface area contributed by atoms with Crippen molar-refractivity contribution in [3.05, 3.63) is 29.6 Å². The molecule has 2 rings (SSSR count). The topological polar surface area (TPSA) is 58.8 Å². The summed E-state index contributed by atoms with van der Waals surface area (Å²) in [7, 11) is 1.39. The van der Waals surface area contributed by atoms with E-state index in [0.717, 1.165) is 19.6 Å². The normalized spacial score (nSPS) is 16.2. The van der Waals surface area contributed by atoms with Crippen LogP contribution in [0.1, 0.15) is 10.4 Å². The molecule has 6 heteroatoms. The average Bonchev–Trinajstić information content (AvgIpc) is 2.48. The monoisotopic (exact) mass is 281 g/mol. The van der Waals surface area contributed by atoms with E-state index >= 15 is 0 Å². The number of carbonyl (C=O) groups is 1. The number of nitrogens with two attached hydrogens (primary N) is 1. The van der Waals surface area contributed by atoms with Gasteiger partial charge in [-0.25, -0.2) is 4.39 Å². The molecule has 0 saturated carbocycles. The molecular formula is C14H20FN3O2. The molecule has 2 N–H and O–H groups in total. The molecule has 0 aliphatic carbocycles. The summed E-state index contributed by atoms with van der Waals surface area (Å²) >= 11 is 0. The quantitative estimate of drug-likeness (QED) is 0.875. The number of piperazine rings is 1. The number of benzene rings is 1. The first kappa shape index (κ1) is 14.7. The van der Waals surface area contributed by atoms with Gasteiger partial charge in [-0.2, -0.15) is 0 Å². The molecule has 1 aliphatic heterocycles. The lowest BCUT2D eigenvalue weighted by molar-refractivity contribution is 0.0640. The third-order valence-electron chi connectivity index (χ3n) is 3.50. The number of nitrogens with zero attached hydrogens (tertiary/aromatic N) is 2. The molecule has 1 fully saturated rings. The lowest BCUT2D eigenvalue weighted by atomic mass is 10.1. The largest absolute Gasteiger partial charge is 0.494 e. The number of hydrogen-bond donors (Lipinski definition) is 1. The Kier molecular flexibility index (Phi) is 4.92. The van der Waals surface area contributed by atoms with Gasteiger partial charge in [0.05, 0.1) is 7.11 Å². The zero-order chi connectivity index (χ0) is 14.5. The van der Waals surface area contributed by atoms with Crippen molar-refractivity contribution >= 4 is 5.91 Å². The minimum absolute atomic E-state index is 0.0873. The Morgan fingerprint density at radius 1 is 1.35 bits per heavy atom. The van der Waals surface area contributed by atoms with Crippen LogP contribution >= 0.6 is 0 Å². The van der Waals surface area contributed by atoms with Gasteiger partial charge in [0.2, 0.25) is 0 Å². The second-order valence-electron chi connectivity index (χ2n) is 4.77. The van der Waals surface area contributed by atoms with Crippen LogP contribution in [-0.4, -0.2) is 62.1 Å². The lowest BCUT2D eigenvalue weighted by Gasteiger charge is -2.34. The summed E-state index contributed by atoms with van der Waals surface area (Å²) in [5.74, 6) is -0.454. The SMILES string of the molecule is COc1cc(C(=O)N2CCN(CCN)CC2)ccc1F. The van der Waals surface area contributed by atoms with Crippen molar-refractivity contribution in [2.45, 2.75) is 0 Å². The highest BCUT2D eigenvalue weighted by molar-refractivity contribution is 5.94. The zero-order valence-corrected chi connectivity index (χ0v) is 11.6.